The van der Waals surface area contributed by atoms with E-state index in [1.165, 1.54) is 32.4 Å². The number of rotatable bonds is 4. The van der Waals surface area contributed by atoms with Crippen molar-refractivity contribution >= 4 is 13.4 Å². The first-order chi connectivity index (χ1) is 14.5. The number of fused-ring (bicyclic) bond motifs is 1. The molecule has 170 valence electrons. The topological polar surface area (TPSA) is 6.48 Å². The van der Waals surface area contributed by atoms with Crippen LogP contribution < -0.4 is 5.19 Å². The van der Waals surface area contributed by atoms with Crippen LogP contribution in [-0.2, 0) is 0 Å². The average molecular weight is 437 g/mol. The van der Waals surface area contributed by atoms with Crippen molar-refractivity contribution in [1.29, 1.82) is 0 Å². The molecule has 5 atom stereocenters. The van der Waals surface area contributed by atoms with Gasteiger partial charge in [-0.2, -0.15) is 0 Å². The Balaban J connectivity index is 1.85. The summed E-state index contributed by atoms with van der Waals surface area (Å²) < 4.78 is 2.97. The maximum absolute atomic E-state index is 2.97. The second kappa shape index (κ2) is 8.32. The molecule has 2 aliphatic carbocycles. The highest BCUT2D eigenvalue weighted by molar-refractivity contribution is 6.90. The van der Waals surface area contributed by atoms with E-state index in [1.807, 2.05) is 0 Å². The average Bonchev–Trinajstić information content (AvgIpc) is 3.34. The van der Waals surface area contributed by atoms with Gasteiger partial charge in [0.15, 0.2) is 8.24 Å². The Morgan fingerprint density at radius 3 is 1.94 bits per heavy atom. The highest BCUT2D eigenvalue weighted by Gasteiger charge is 2.58. The third-order valence-corrected chi connectivity index (χ3v) is 14.0. The lowest BCUT2D eigenvalue weighted by Gasteiger charge is -2.58. The molecule has 0 aromatic heterocycles. The first-order valence-corrected chi connectivity index (χ1v) is 15.0. The molecule has 0 radical (unpaired) electrons. The molecule has 0 amide bonds. The minimum Gasteiger partial charge on any atom is -0.310 e. The van der Waals surface area contributed by atoms with Gasteiger partial charge >= 0.3 is 0 Å². The molecule has 0 bridgehead atoms. The summed E-state index contributed by atoms with van der Waals surface area (Å²) in [5.41, 5.74) is 0.944. The van der Waals surface area contributed by atoms with Gasteiger partial charge in [0.1, 0.15) is 0 Å². The lowest BCUT2D eigenvalue weighted by molar-refractivity contribution is 0.124. The summed E-state index contributed by atoms with van der Waals surface area (Å²) in [7, 11) is -2.07. The van der Waals surface area contributed by atoms with Crippen molar-refractivity contribution in [1.82, 2.24) is 9.47 Å². The summed E-state index contributed by atoms with van der Waals surface area (Å²) in [6.45, 7) is 19.9. The highest BCUT2D eigenvalue weighted by atomic mass is 28.3. The monoisotopic (exact) mass is 436 g/mol. The van der Waals surface area contributed by atoms with E-state index in [-0.39, 0.29) is 11.1 Å². The van der Waals surface area contributed by atoms with Crippen molar-refractivity contribution in [2.45, 2.75) is 90.0 Å². The second-order valence-corrected chi connectivity index (χ2v) is 16.3. The second-order valence-electron chi connectivity index (χ2n) is 12.3. The summed E-state index contributed by atoms with van der Waals surface area (Å²) >= 11 is 0. The SMILES string of the molecule is CC(C)(C)N(C(C)(C)C)[Si](C)(c1ccccc1)C1CC(N2CCCC2)C2C=CC=CC21. The summed E-state index contributed by atoms with van der Waals surface area (Å²) in [4.78, 5) is 2.83. The Kier molecular flexibility index (Phi) is 6.17. The molecule has 31 heavy (non-hydrogen) atoms. The van der Waals surface area contributed by atoms with Crippen molar-refractivity contribution in [3.63, 3.8) is 0 Å². The first kappa shape index (κ1) is 23.0. The maximum atomic E-state index is 2.97. The highest BCUT2D eigenvalue weighted by Crippen LogP contribution is 2.54. The van der Waals surface area contributed by atoms with Crippen molar-refractivity contribution in [2.75, 3.05) is 13.1 Å². The fourth-order valence-electron chi connectivity index (χ4n) is 7.76. The van der Waals surface area contributed by atoms with Crippen LogP contribution in [0.5, 0.6) is 0 Å². The Hall–Kier alpha value is -1.16. The first-order valence-electron chi connectivity index (χ1n) is 12.5. The fraction of sp³-hybridized carbons (Fsp3) is 0.643. The molecule has 5 unspecified atom stereocenters. The van der Waals surface area contributed by atoms with Crippen LogP contribution in [0.3, 0.4) is 0 Å². The number of benzene rings is 1. The van der Waals surface area contributed by atoms with E-state index in [4.69, 9.17) is 0 Å². The summed E-state index contributed by atoms with van der Waals surface area (Å²) in [5, 5.41) is 1.61. The Morgan fingerprint density at radius 1 is 0.839 bits per heavy atom. The number of allylic oxidation sites excluding steroid dienone is 3. The Labute approximate surface area is 192 Å². The van der Waals surface area contributed by atoms with Crippen LogP contribution >= 0.6 is 0 Å². The van der Waals surface area contributed by atoms with E-state index in [0.717, 1.165) is 0 Å². The largest absolute Gasteiger partial charge is 0.310 e. The van der Waals surface area contributed by atoms with Gasteiger partial charge in [-0.15, -0.1) is 0 Å². The van der Waals surface area contributed by atoms with E-state index in [2.05, 4.69) is 112 Å². The lowest BCUT2D eigenvalue weighted by Crippen LogP contribution is -2.73. The lowest BCUT2D eigenvalue weighted by atomic mass is 9.89. The summed E-state index contributed by atoms with van der Waals surface area (Å²) in [6.07, 6.45) is 13.9. The van der Waals surface area contributed by atoms with Gasteiger partial charge in [-0.1, -0.05) is 61.2 Å². The third kappa shape index (κ3) is 4.14. The molecule has 1 saturated heterocycles. The van der Waals surface area contributed by atoms with E-state index in [9.17, 15) is 0 Å². The summed E-state index contributed by atoms with van der Waals surface area (Å²) in [5.74, 6) is 1.32. The van der Waals surface area contributed by atoms with Crippen molar-refractivity contribution in [3.8, 4) is 0 Å². The number of likely N-dealkylation sites (tertiary alicyclic amines) is 1. The molecule has 1 aliphatic heterocycles. The van der Waals surface area contributed by atoms with Gasteiger partial charge in [-0.25, -0.2) is 0 Å². The van der Waals surface area contributed by atoms with Crippen molar-refractivity contribution in [3.05, 3.63) is 54.6 Å². The summed E-state index contributed by atoms with van der Waals surface area (Å²) in [6, 6.07) is 12.3. The van der Waals surface area contributed by atoms with Crippen molar-refractivity contribution in [2.24, 2.45) is 11.8 Å². The molecule has 0 spiro atoms. The van der Waals surface area contributed by atoms with Crippen LogP contribution in [-0.4, -0.2) is 47.9 Å². The molecule has 1 aromatic carbocycles. The van der Waals surface area contributed by atoms with Crippen LogP contribution in [0.4, 0.5) is 0 Å². The Bertz CT molecular complexity index is 796. The van der Waals surface area contributed by atoms with E-state index >= 15 is 0 Å². The Morgan fingerprint density at radius 2 is 1.39 bits per heavy atom. The minimum absolute atomic E-state index is 0.116. The van der Waals surface area contributed by atoms with Gasteiger partial charge < -0.3 is 4.57 Å². The van der Waals surface area contributed by atoms with Crippen LogP contribution in [0.1, 0.15) is 60.8 Å². The quantitative estimate of drug-likeness (QED) is 0.537. The molecule has 0 N–H and O–H groups in total. The molecule has 1 aromatic rings. The minimum atomic E-state index is -2.07. The van der Waals surface area contributed by atoms with Crippen LogP contribution in [0.25, 0.3) is 0 Å². The van der Waals surface area contributed by atoms with Gasteiger partial charge in [0.05, 0.1) is 0 Å². The van der Waals surface area contributed by atoms with Crippen LogP contribution in [0.15, 0.2) is 54.6 Å². The fourth-order valence-corrected chi connectivity index (χ4v) is 14.2. The molecule has 1 saturated carbocycles. The van der Waals surface area contributed by atoms with Crippen molar-refractivity contribution < 1.29 is 0 Å². The standard InChI is InChI=1S/C28H44N2Si/c1-27(2,3)30(28(4,5)6)31(7,22-15-9-8-10-16-22)26-21-25(29-19-13-14-20-29)23-17-11-12-18-24(23)26/h8-12,15-18,23-26H,13-14,19-21H2,1-7H3. The predicted molar refractivity (Wildman–Crippen MR) is 137 cm³/mol. The molecule has 3 aliphatic rings. The zero-order valence-electron chi connectivity index (χ0n) is 20.9. The van der Waals surface area contributed by atoms with E-state index in [0.29, 0.717) is 23.4 Å². The molecule has 2 fully saturated rings. The molecule has 4 rings (SSSR count). The van der Waals surface area contributed by atoms with Gasteiger partial charge in [0, 0.05) is 17.1 Å². The zero-order valence-corrected chi connectivity index (χ0v) is 21.9. The smallest absolute Gasteiger partial charge is 0.161 e. The van der Waals surface area contributed by atoms with Gasteiger partial charge in [-0.05, 0) is 96.5 Å². The van der Waals surface area contributed by atoms with Gasteiger partial charge in [-0.3, -0.25) is 4.90 Å². The van der Waals surface area contributed by atoms with Gasteiger partial charge in [0.25, 0.3) is 0 Å². The molecular formula is C28H44N2Si. The molecule has 3 heteroatoms. The predicted octanol–water partition coefficient (Wildman–Crippen LogP) is 5.96. The zero-order chi connectivity index (χ0) is 22.4. The molecule has 1 heterocycles. The molecular weight excluding hydrogens is 392 g/mol. The van der Waals surface area contributed by atoms with E-state index < -0.39 is 8.24 Å². The third-order valence-electron chi connectivity index (χ3n) is 8.12. The van der Waals surface area contributed by atoms with Crippen LogP contribution in [0.2, 0.25) is 12.1 Å². The maximum Gasteiger partial charge on any atom is 0.161 e. The molecule has 2 nitrogen and oxygen atoms in total. The number of nitrogens with zero attached hydrogens (tertiary/aromatic N) is 2. The van der Waals surface area contributed by atoms with Gasteiger partial charge in [0.2, 0.25) is 0 Å². The normalized spacial score (nSPS) is 31.2. The van der Waals surface area contributed by atoms with E-state index in [1.54, 1.807) is 5.19 Å². The number of hydrogen-bond acceptors (Lipinski definition) is 2. The number of hydrogen-bond donors (Lipinski definition) is 0. The van der Waals surface area contributed by atoms with Crippen LogP contribution in [0, 0.1) is 11.8 Å².